The van der Waals surface area contributed by atoms with Gasteiger partial charge in [0.05, 0.1) is 6.54 Å². The maximum Gasteiger partial charge on any atom is 0.229 e. The number of rotatable bonds is 8. The minimum absolute atomic E-state index is 0.0700. The van der Waals surface area contributed by atoms with E-state index in [9.17, 15) is 19.2 Å². The van der Waals surface area contributed by atoms with Crippen LogP contribution in [0.4, 0.5) is 0 Å². The van der Waals surface area contributed by atoms with Gasteiger partial charge in [0, 0.05) is 25.8 Å². The zero-order valence-corrected chi connectivity index (χ0v) is 11.2. The molecule has 0 unspecified atom stereocenters. The molecule has 0 aliphatic carbocycles. The summed E-state index contributed by atoms with van der Waals surface area (Å²) in [5, 5.41) is 2.52. The molecule has 1 heterocycles. The number of likely N-dealkylation sites (tertiary alicyclic amines) is 1. The smallest absolute Gasteiger partial charge is 0.229 e. The Morgan fingerprint density at radius 2 is 1.74 bits per heavy atom. The molecule has 0 aromatic carbocycles. The molecule has 6 nitrogen and oxygen atoms in total. The van der Waals surface area contributed by atoms with Gasteiger partial charge in [-0.1, -0.05) is 6.42 Å². The van der Waals surface area contributed by atoms with Gasteiger partial charge in [-0.05, 0) is 19.8 Å². The molecule has 19 heavy (non-hydrogen) atoms. The fourth-order valence-electron chi connectivity index (χ4n) is 1.92. The maximum absolute atomic E-state index is 11.3. The number of carbonyl (C=O) groups is 4. The van der Waals surface area contributed by atoms with E-state index in [1.807, 2.05) is 0 Å². The zero-order valence-electron chi connectivity index (χ0n) is 11.2. The van der Waals surface area contributed by atoms with Gasteiger partial charge in [-0.3, -0.25) is 24.1 Å². The largest absolute Gasteiger partial charge is 0.349 e. The van der Waals surface area contributed by atoms with Crippen LogP contribution in [0.5, 0.6) is 0 Å². The number of hydrogen-bond acceptors (Lipinski definition) is 4. The molecule has 0 spiro atoms. The Labute approximate surface area is 112 Å². The van der Waals surface area contributed by atoms with Crippen molar-refractivity contribution in [2.75, 3.05) is 13.1 Å². The Morgan fingerprint density at radius 1 is 1.11 bits per heavy atom. The van der Waals surface area contributed by atoms with Crippen LogP contribution in [0.1, 0.15) is 45.4 Å². The van der Waals surface area contributed by atoms with Gasteiger partial charge < -0.3 is 5.32 Å². The number of nitrogens with zero attached hydrogens (tertiary/aromatic N) is 1. The number of nitrogens with one attached hydrogen (secondary N) is 1. The van der Waals surface area contributed by atoms with E-state index in [2.05, 4.69) is 5.32 Å². The van der Waals surface area contributed by atoms with Gasteiger partial charge in [-0.15, -0.1) is 0 Å². The van der Waals surface area contributed by atoms with Crippen LogP contribution in [-0.4, -0.2) is 41.5 Å². The number of unbranched alkanes of at least 4 members (excludes halogenated alkanes) is 2. The van der Waals surface area contributed by atoms with Crippen molar-refractivity contribution in [1.29, 1.82) is 0 Å². The number of ketones is 1. The molecule has 6 heteroatoms. The molecule has 0 aromatic rings. The summed E-state index contributed by atoms with van der Waals surface area (Å²) in [7, 11) is 0. The molecule has 1 rings (SSSR count). The van der Waals surface area contributed by atoms with E-state index in [1.165, 1.54) is 11.8 Å². The third-order valence-electron chi connectivity index (χ3n) is 2.97. The molecular formula is C13H20N2O4. The Kier molecular flexibility index (Phi) is 6.18. The van der Waals surface area contributed by atoms with Crippen molar-refractivity contribution in [2.45, 2.75) is 45.4 Å². The number of carbonyl (C=O) groups excluding carboxylic acids is 4. The van der Waals surface area contributed by atoms with Gasteiger partial charge in [-0.25, -0.2) is 0 Å². The highest BCUT2D eigenvalue weighted by atomic mass is 16.2. The quantitative estimate of drug-likeness (QED) is 0.510. The average molecular weight is 268 g/mol. The minimum Gasteiger partial charge on any atom is -0.349 e. The standard InChI is InChI=1S/C13H20N2O4/c1-10(16)9-14-11(17)5-3-2-4-8-15-12(18)6-7-13(15)19/h2-9H2,1H3,(H,14,17). The normalized spacial score (nSPS) is 14.9. The summed E-state index contributed by atoms with van der Waals surface area (Å²) in [6.45, 7) is 1.95. The van der Waals surface area contributed by atoms with Gasteiger partial charge in [0.1, 0.15) is 5.78 Å². The number of hydrogen-bond donors (Lipinski definition) is 1. The first-order chi connectivity index (χ1) is 9.00. The Hall–Kier alpha value is -1.72. The highest BCUT2D eigenvalue weighted by molar-refractivity contribution is 6.01. The number of amides is 3. The van der Waals surface area contributed by atoms with Crippen LogP contribution in [0.3, 0.4) is 0 Å². The van der Waals surface area contributed by atoms with Crippen LogP contribution in [0, 0.1) is 0 Å². The lowest BCUT2D eigenvalue weighted by atomic mass is 10.2. The van der Waals surface area contributed by atoms with Crippen molar-refractivity contribution in [1.82, 2.24) is 10.2 Å². The lowest BCUT2D eigenvalue weighted by Gasteiger charge is -2.12. The molecule has 0 atom stereocenters. The van der Waals surface area contributed by atoms with E-state index in [1.54, 1.807) is 0 Å². The van der Waals surface area contributed by atoms with Crippen LogP contribution >= 0.6 is 0 Å². The van der Waals surface area contributed by atoms with Crippen molar-refractivity contribution in [3.05, 3.63) is 0 Å². The summed E-state index contributed by atoms with van der Waals surface area (Å²) in [4.78, 5) is 45.9. The predicted octanol–water partition coefficient (Wildman–Crippen LogP) is 0.401. The van der Waals surface area contributed by atoms with E-state index in [4.69, 9.17) is 0 Å². The molecule has 3 amide bonds. The number of Topliss-reactive ketones (excluding diaryl/α,β-unsaturated/α-hetero) is 1. The molecule has 1 saturated heterocycles. The van der Waals surface area contributed by atoms with E-state index in [-0.39, 0.29) is 30.0 Å². The minimum atomic E-state index is -0.136. The third kappa shape index (κ3) is 5.63. The molecule has 1 aliphatic rings. The highest BCUT2D eigenvalue weighted by Gasteiger charge is 2.27. The van der Waals surface area contributed by atoms with Crippen LogP contribution in [0.25, 0.3) is 0 Å². The first-order valence-electron chi connectivity index (χ1n) is 6.60. The van der Waals surface area contributed by atoms with Gasteiger partial charge >= 0.3 is 0 Å². The van der Waals surface area contributed by atoms with Crippen LogP contribution in [-0.2, 0) is 19.2 Å². The molecule has 0 radical (unpaired) electrons. The zero-order chi connectivity index (χ0) is 14.3. The Balaban J connectivity index is 2.05. The Bertz CT molecular complexity index is 363. The molecular weight excluding hydrogens is 248 g/mol. The predicted molar refractivity (Wildman–Crippen MR) is 68.1 cm³/mol. The summed E-state index contributed by atoms with van der Waals surface area (Å²) in [6, 6.07) is 0. The summed E-state index contributed by atoms with van der Waals surface area (Å²) < 4.78 is 0. The lowest BCUT2D eigenvalue weighted by molar-refractivity contribution is -0.138. The number of imide groups is 1. The van der Waals surface area contributed by atoms with Crippen molar-refractivity contribution < 1.29 is 19.2 Å². The second kappa shape index (κ2) is 7.66. The topological polar surface area (TPSA) is 83.6 Å². The van der Waals surface area contributed by atoms with Gasteiger partial charge in [0.15, 0.2) is 0 Å². The fourth-order valence-corrected chi connectivity index (χ4v) is 1.92. The van der Waals surface area contributed by atoms with Crippen molar-refractivity contribution in [2.24, 2.45) is 0 Å². The molecule has 1 aliphatic heterocycles. The van der Waals surface area contributed by atoms with Crippen LogP contribution in [0.2, 0.25) is 0 Å². The average Bonchev–Trinajstić information content (AvgIpc) is 2.67. The van der Waals surface area contributed by atoms with Crippen LogP contribution in [0.15, 0.2) is 0 Å². The fraction of sp³-hybridized carbons (Fsp3) is 0.692. The summed E-state index contributed by atoms with van der Waals surface area (Å²) in [5.74, 6) is -0.392. The molecule has 1 N–H and O–H groups in total. The van der Waals surface area contributed by atoms with E-state index in [0.717, 1.165) is 12.8 Å². The molecule has 106 valence electrons. The molecule has 0 aromatic heterocycles. The van der Waals surface area contributed by atoms with Crippen molar-refractivity contribution in [3.63, 3.8) is 0 Å². The SMILES string of the molecule is CC(=O)CNC(=O)CCCCCN1C(=O)CCC1=O. The summed E-state index contributed by atoms with van der Waals surface area (Å²) >= 11 is 0. The highest BCUT2D eigenvalue weighted by Crippen LogP contribution is 2.13. The van der Waals surface area contributed by atoms with Gasteiger partial charge in [0.25, 0.3) is 0 Å². The van der Waals surface area contributed by atoms with E-state index < -0.39 is 0 Å². The maximum atomic E-state index is 11.3. The Morgan fingerprint density at radius 3 is 2.32 bits per heavy atom. The lowest BCUT2D eigenvalue weighted by Crippen LogP contribution is -2.30. The second-order valence-corrected chi connectivity index (χ2v) is 4.73. The van der Waals surface area contributed by atoms with Crippen molar-refractivity contribution in [3.8, 4) is 0 Å². The molecule has 1 fully saturated rings. The van der Waals surface area contributed by atoms with Gasteiger partial charge in [0.2, 0.25) is 17.7 Å². The van der Waals surface area contributed by atoms with E-state index in [0.29, 0.717) is 32.2 Å². The molecule has 0 bridgehead atoms. The molecule has 0 saturated carbocycles. The second-order valence-electron chi connectivity index (χ2n) is 4.73. The summed E-state index contributed by atoms with van der Waals surface area (Å²) in [5.41, 5.74) is 0. The van der Waals surface area contributed by atoms with Gasteiger partial charge in [-0.2, -0.15) is 0 Å². The third-order valence-corrected chi connectivity index (χ3v) is 2.97. The van der Waals surface area contributed by atoms with Crippen molar-refractivity contribution >= 4 is 23.5 Å². The van der Waals surface area contributed by atoms with Crippen LogP contribution < -0.4 is 5.32 Å². The summed E-state index contributed by atoms with van der Waals surface area (Å²) in [6.07, 6.45) is 3.22. The van der Waals surface area contributed by atoms with E-state index >= 15 is 0 Å². The monoisotopic (exact) mass is 268 g/mol. The first kappa shape index (κ1) is 15.3. The first-order valence-corrected chi connectivity index (χ1v) is 6.60.